The summed E-state index contributed by atoms with van der Waals surface area (Å²) in [6, 6.07) is 0. The molecule has 0 aliphatic heterocycles. The summed E-state index contributed by atoms with van der Waals surface area (Å²) in [5, 5.41) is 0. The van der Waals surface area contributed by atoms with Gasteiger partial charge in [-0.05, 0) is 63.4 Å². The summed E-state index contributed by atoms with van der Waals surface area (Å²) in [6.45, 7) is 9.44. The topological polar surface area (TPSA) is 0 Å². The first-order valence-electron chi connectivity index (χ1n) is 6.81. The van der Waals surface area contributed by atoms with Crippen LogP contribution >= 0.6 is 11.8 Å². The van der Waals surface area contributed by atoms with Crippen LogP contribution < -0.4 is 0 Å². The molecule has 0 saturated heterocycles. The molecule has 0 amide bonds. The van der Waals surface area contributed by atoms with E-state index in [0.29, 0.717) is 5.41 Å². The molecule has 0 heterocycles. The Labute approximate surface area is 112 Å². The first-order valence-corrected chi connectivity index (χ1v) is 8.20. The van der Waals surface area contributed by atoms with Crippen LogP contribution in [0.25, 0.3) is 0 Å². The number of hydrogen-bond acceptors (Lipinski definition) is 1. The third-order valence-electron chi connectivity index (χ3n) is 4.04. The minimum absolute atomic E-state index is 0.429. The van der Waals surface area contributed by atoms with Gasteiger partial charge in [0.2, 0.25) is 0 Å². The van der Waals surface area contributed by atoms with Crippen LogP contribution in [-0.2, 0) is 0 Å². The Morgan fingerprint density at radius 2 is 2.12 bits per heavy atom. The van der Waals surface area contributed by atoms with Crippen molar-refractivity contribution < 1.29 is 0 Å². The summed E-state index contributed by atoms with van der Waals surface area (Å²) >= 11 is 1.94. The van der Waals surface area contributed by atoms with Gasteiger partial charge in [-0.2, -0.15) is 11.8 Å². The first-order chi connectivity index (χ1) is 7.97. The van der Waals surface area contributed by atoms with Crippen molar-refractivity contribution in [2.24, 2.45) is 5.41 Å². The quantitative estimate of drug-likeness (QED) is 0.574. The Morgan fingerprint density at radius 1 is 1.41 bits per heavy atom. The van der Waals surface area contributed by atoms with Crippen LogP contribution in [0.2, 0.25) is 0 Å². The maximum Gasteiger partial charge on any atom is -0.00331 e. The van der Waals surface area contributed by atoms with Crippen LogP contribution in [-0.4, -0.2) is 12.0 Å². The van der Waals surface area contributed by atoms with Gasteiger partial charge >= 0.3 is 0 Å². The fraction of sp³-hybridized carbons (Fsp3) is 0.750. The standard InChI is InChI=1S/C16H28S/c1-13(10-12-17-5)8-9-15-14(2)7-6-11-16(15,3)4/h8H,6-7,9-12H2,1-5H3/b13-8+. The monoisotopic (exact) mass is 252 g/mol. The zero-order chi connectivity index (χ0) is 12.9. The smallest absolute Gasteiger partial charge is 0.00331 e. The average Bonchev–Trinajstić information content (AvgIpc) is 2.24. The van der Waals surface area contributed by atoms with Gasteiger partial charge in [0, 0.05) is 0 Å². The zero-order valence-corrected chi connectivity index (χ0v) is 13.0. The van der Waals surface area contributed by atoms with E-state index in [1.807, 2.05) is 11.8 Å². The fourth-order valence-corrected chi connectivity index (χ4v) is 3.29. The molecule has 0 saturated carbocycles. The molecule has 1 aliphatic carbocycles. The second kappa shape index (κ2) is 6.68. The molecule has 0 bridgehead atoms. The summed E-state index contributed by atoms with van der Waals surface area (Å²) in [7, 11) is 0. The molecule has 0 aromatic rings. The van der Waals surface area contributed by atoms with Gasteiger partial charge < -0.3 is 0 Å². The minimum atomic E-state index is 0.429. The summed E-state index contributed by atoms with van der Waals surface area (Å²) in [6.07, 6.45) is 11.1. The molecule has 0 N–H and O–H groups in total. The molecular formula is C16H28S. The lowest BCUT2D eigenvalue weighted by atomic mass is 9.71. The van der Waals surface area contributed by atoms with Crippen molar-refractivity contribution in [2.45, 2.75) is 59.8 Å². The Bertz CT molecular complexity index is 307. The maximum atomic E-state index is 2.46. The van der Waals surface area contributed by atoms with Gasteiger partial charge in [0.05, 0.1) is 0 Å². The fourth-order valence-electron chi connectivity index (χ4n) is 2.77. The van der Waals surface area contributed by atoms with Gasteiger partial charge in [-0.25, -0.2) is 0 Å². The molecular weight excluding hydrogens is 224 g/mol. The van der Waals surface area contributed by atoms with Crippen molar-refractivity contribution in [3.8, 4) is 0 Å². The molecule has 0 nitrogen and oxygen atoms in total. The Morgan fingerprint density at radius 3 is 2.71 bits per heavy atom. The molecule has 0 aromatic heterocycles. The first kappa shape index (κ1) is 14.9. The van der Waals surface area contributed by atoms with Crippen molar-refractivity contribution in [1.82, 2.24) is 0 Å². The average molecular weight is 252 g/mol. The van der Waals surface area contributed by atoms with E-state index in [0.717, 1.165) is 0 Å². The van der Waals surface area contributed by atoms with Gasteiger partial charge in [-0.3, -0.25) is 0 Å². The second-order valence-electron chi connectivity index (χ2n) is 5.99. The molecule has 0 spiro atoms. The molecule has 1 rings (SSSR count). The van der Waals surface area contributed by atoms with Crippen molar-refractivity contribution in [3.05, 3.63) is 22.8 Å². The predicted molar refractivity (Wildman–Crippen MR) is 81.7 cm³/mol. The largest absolute Gasteiger partial charge is 0.165 e. The number of rotatable bonds is 5. The molecule has 0 atom stereocenters. The van der Waals surface area contributed by atoms with Crippen molar-refractivity contribution >= 4 is 11.8 Å². The summed E-state index contributed by atoms with van der Waals surface area (Å²) in [5.74, 6) is 1.25. The van der Waals surface area contributed by atoms with Crippen molar-refractivity contribution in [1.29, 1.82) is 0 Å². The lowest BCUT2D eigenvalue weighted by Crippen LogP contribution is -2.20. The minimum Gasteiger partial charge on any atom is -0.165 e. The molecule has 0 fully saturated rings. The normalized spacial score (nSPS) is 20.9. The highest BCUT2D eigenvalue weighted by Gasteiger charge is 2.27. The maximum absolute atomic E-state index is 2.46. The van der Waals surface area contributed by atoms with Crippen molar-refractivity contribution in [3.63, 3.8) is 0 Å². The van der Waals surface area contributed by atoms with Crippen LogP contribution in [0.1, 0.15) is 59.8 Å². The van der Waals surface area contributed by atoms with Crippen LogP contribution in [0.15, 0.2) is 22.8 Å². The van der Waals surface area contributed by atoms with E-state index in [2.05, 4.69) is 40.0 Å². The summed E-state index contributed by atoms with van der Waals surface area (Å²) in [5.41, 5.74) is 5.34. The molecule has 0 radical (unpaired) electrons. The number of allylic oxidation sites excluding steroid dienone is 4. The highest BCUT2D eigenvalue weighted by atomic mass is 32.2. The van der Waals surface area contributed by atoms with E-state index in [1.165, 1.54) is 37.9 Å². The van der Waals surface area contributed by atoms with Gasteiger partial charge in [0.15, 0.2) is 0 Å². The molecule has 0 aromatic carbocycles. The van der Waals surface area contributed by atoms with Gasteiger partial charge in [-0.15, -0.1) is 0 Å². The van der Waals surface area contributed by atoms with E-state index < -0.39 is 0 Å². The molecule has 1 heteroatoms. The Kier molecular flexibility index (Phi) is 5.85. The van der Waals surface area contributed by atoms with E-state index in [1.54, 1.807) is 16.7 Å². The van der Waals surface area contributed by atoms with E-state index in [-0.39, 0.29) is 0 Å². The second-order valence-corrected chi connectivity index (χ2v) is 6.98. The highest BCUT2D eigenvalue weighted by molar-refractivity contribution is 7.98. The lowest BCUT2D eigenvalue weighted by Gasteiger charge is -2.34. The number of thioether (sulfide) groups is 1. The molecule has 17 heavy (non-hydrogen) atoms. The zero-order valence-electron chi connectivity index (χ0n) is 12.2. The van der Waals surface area contributed by atoms with E-state index in [9.17, 15) is 0 Å². The van der Waals surface area contributed by atoms with E-state index in [4.69, 9.17) is 0 Å². The lowest BCUT2D eigenvalue weighted by molar-refractivity contribution is 0.360. The highest BCUT2D eigenvalue weighted by Crippen LogP contribution is 2.42. The van der Waals surface area contributed by atoms with Gasteiger partial charge in [0.1, 0.15) is 0 Å². The van der Waals surface area contributed by atoms with Crippen molar-refractivity contribution in [2.75, 3.05) is 12.0 Å². The molecule has 0 unspecified atom stereocenters. The third-order valence-corrected chi connectivity index (χ3v) is 4.65. The van der Waals surface area contributed by atoms with Crippen LogP contribution in [0.3, 0.4) is 0 Å². The predicted octanol–water partition coefficient (Wildman–Crippen LogP) is 5.60. The summed E-state index contributed by atoms with van der Waals surface area (Å²) in [4.78, 5) is 0. The van der Waals surface area contributed by atoms with Crippen LogP contribution in [0.5, 0.6) is 0 Å². The molecule has 98 valence electrons. The van der Waals surface area contributed by atoms with Crippen LogP contribution in [0.4, 0.5) is 0 Å². The molecule has 1 aliphatic rings. The Hall–Kier alpha value is -0.170. The van der Waals surface area contributed by atoms with Crippen LogP contribution in [0, 0.1) is 5.41 Å². The SMILES string of the molecule is CSCC/C(C)=C/CC1=C(C)CCCC1(C)C. The van der Waals surface area contributed by atoms with Gasteiger partial charge in [0.25, 0.3) is 0 Å². The summed E-state index contributed by atoms with van der Waals surface area (Å²) < 4.78 is 0. The van der Waals surface area contributed by atoms with E-state index >= 15 is 0 Å². The number of hydrogen-bond donors (Lipinski definition) is 0. The Balaban J connectivity index is 2.66. The van der Waals surface area contributed by atoms with Gasteiger partial charge in [-0.1, -0.05) is 36.6 Å². The third kappa shape index (κ3) is 4.54.